The molecule has 31 heavy (non-hydrogen) atoms. The molecule has 3 heterocycles. The average molecular weight is 425 g/mol. The Kier molecular flexibility index (Phi) is 6.13. The minimum absolute atomic E-state index is 0.0853. The molecule has 1 aliphatic heterocycles. The van der Waals surface area contributed by atoms with Crippen molar-refractivity contribution in [3.8, 4) is 0 Å². The van der Waals surface area contributed by atoms with Gasteiger partial charge < -0.3 is 9.30 Å². The van der Waals surface area contributed by atoms with Crippen LogP contribution >= 0.6 is 0 Å². The van der Waals surface area contributed by atoms with E-state index in [1.165, 1.54) is 17.7 Å². The van der Waals surface area contributed by atoms with Crippen LogP contribution in [0.3, 0.4) is 0 Å². The average Bonchev–Trinajstić information content (AvgIpc) is 3.36. The molecule has 2 aromatic heterocycles. The van der Waals surface area contributed by atoms with Gasteiger partial charge >= 0.3 is 0 Å². The summed E-state index contributed by atoms with van der Waals surface area (Å²) in [6, 6.07) is 9.11. The van der Waals surface area contributed by atoms with Crippen LogP contribution in [-0.2, 0) is 16.8 Å². The number of pyridine rings is 1. The third-order valence-corrected chi connectivity index (χ3v) is 6.93. The van der Waals surface area contributed by atoms with E-state index in [4.69, 9.17) is 4.74 Å². The van der Waals surface area contributed by atoms with Gasteiger partial charge in [0.25, 0.3) is 0 Å². The molecule has 0 radical (unpaired) electrons. The number of ether oxygens (including phenoxy) is 1. The lowest BCUT2D eigenvalue weighted by atomic mass is 9.84. The Morgan fingerprint density at radius 1 is 1.19 bits per heavy atom. The van der Waals surface area contributed by atoms with Crippen molar-refractivity contribution in [2.45, 2.75) is 52.6 Å². The molecule has 6 heteroatoms. The molecule has 1 saturated heterocycles. The highest BCUT2D eigenvalue weighted by atomic mass is 19.1. The van der Waals surface area contributed by atoms with E-state index in [2.05, 4.69) is 52.3 Å². The molecule has 1 fully saturated rings. The van der Waals surface area contributed by atoms with Crippen molar-refractivity contribution in [1.29, 1.82) is 0 Å². The molecule has 1 aromatic carbocycles. The molecule has 0 amide bonds. The number of rotatable bonds is 8. The standard InChI is InChI=1S/C25H33FN4O/c1-5-31-17-25(10-12-29-18-28-22-14-21(26)8-9-23(22)29)11-13-30(16-25)24(3,4)20-7-6-19(2)27-15-20/h6-9,14-15,18H,5,10-13,16-17H2,1-4H3. The molecule has 0 saturated carbocycles. The SMILES string of the molecule is CCOCC1(CCn2cnc3cc(F)ccc32)CCN(C(C)(C)c2ccc(C)nc2)C1. The summed E-state index contributed by atoms with van der Waals surface area (Å²) in [5.74, 6) is -0.246. The Labute approximate surface area is 184 Å². The zero-order valence-electron chi connectivity index (χ0n) is 19.1. The van der Waals surface area contributed by atoms with Crippen LogP contribution < -0.4 is 0 Å². The number of halogens is 1. The second-order valence-electron chi connectivity index (χ2n) is 9.38. The van der Waals surface area contributed by atoms with E-state index < -0.39 is 0 Å². The highest BCUT2D eigenvalue weighted by molar-refractivity contribution is 5.75. The summed E-state index contributed by atoms with van der Waals surface area (Å²) in [4.78, 5) is 11.5. The Morgan fingerprint density at radius 2 is 2.03 bits per heavy atom. The monoisotopic (exact) mass is 424 g/mol. The minimum atomic E-state index is -0.246. The molecular formula is C25H33FN4O. The molecule has 4 rings (SSSR count). The predicted octanol–water partition coefficient (Wildman–Crippen LogP) is 4.93. The Balaban J connectivity index is 1.52. The van der Waals surface area contributed by atoms with Crippen molar-refractivity contribution >= 4 is 11.0 Å². The Bertz CT molecular complexity index is 1030. The Morgan fingerprint density at radius 3 is 2.77 bits per heavy atom. The van der Waals surface area contributed by atoms with E-state index >= 15 is 0 Å². The first-order valence-electron chi connectivity index (χ1n) is 11.2. The molecule has 0 bridgehead atoms. The maximum absolute atomic E-state index is 13.5. The minimum Gasteiger partial charge on any atom is -0.381 e. The predicted molar refractivity (Wildman–Crippen MR) is 121 cm³/mol. The summed E-state index contributed by atoms with van der Waals surface area (Å²) in [5, 5.41) is 0. The van der Waals surface area contributed by atoms with Crippen molar-refractivity contribution < 1.29 is 9.13 Å². The molecule has 0 N–H and O–H groups in total. The van der Waals surface area contributed by atoms with Gasteiger partial charge in [-0.05, 0) is 70.8 Å². The van der Waals surface area contributed by atoms with Gasteiger partial charge in [0.15, 0.2) is 0 Å². The second kappa shape index (κ2) is 8.67. The highest BCUT2D eigenvalue weighted by Gasteiger charge is 2.43. The fourth-order valence-corrected chi connectivity index (χ4v) is 4.71. The fourth-order valence-electron chi connectivity index (χ4n) is 4.71. The summed E-state index contributed by atoms with van der Waals surface area (Å²) >= 11 is 0. The summed E-state index contributed by atoms with van der Waals surface area (Å²) in [7, 11) is 0. The topological polar surface area (TPSA) is 43.2 Å². The molecular weight excluding hydrogens is 391 g/mol. The highest BCUT2D eigenvalue weighted by Crippen LogP contribution is 2.41. The van der Waals surface area contributed by atoms with Crippen molar-refractivity contribution in [3.05, 3.63) is 59.9 Å². The van der Waals surface area contributed by atoms with E-state index in [0.29, 0.717) is 5.52 Å². The third-order valence-electron chi connectivity index (χ3n) is 6.93. The quantitative estimate of drug-likeness (QED) is 0.514. The van der Waals surface area contributed by atoms with Gasteiger partial charge in [0, 0.05) is 48.6 Å². The van der Waals surface area contributed by atoms with Crippen molar-refractivity contribution in [2.75, 3.05) is 26.3 Å². The zero-order valence-corrected chi connectivity index (χ0v) is 19.1. The molecule has 5 nitrogen and oxygen atoms in total. The molecule has 166 valence electrons. The molecule has 0 spiro atoms. The van der Waals surface area contributed by atoms with Crippen molar-refractivity contribution in [1.82, 2.24) is 19.4 Å². The summed E-state index contributed by atoms with van der Waals surface area (Å²) < 4.78 is 21.6. The number of nitrogens with zero attached hydrogens (tertiary/aromatic N) is 4. The lowest BCUT2D eigenvalue weighted by Gasteiger charge is -2.38. The van der Waals surface area contributed by atoms with E-state index in [1.807, 2.05) is 25.5 Å². The summed E-state index contributed by atoms with van der Waals surface area (Å²) in [6.45, 7) is 13.0. The van der Waals surface area contributed by atoms with Crippen LogP contribution in [0.25, 0.3) is 11.0 Å². The first kappa shape index (κ1) is 21.9. The summed E-state index contributed by atoms with van der Waals surface area (Å²) in [6.07, 6.45) is 5.92. The van der Waals surface area contributed by atoms with Gasteiger partial charge in [-0.3, -0.25) is 9.88 Å². The lowest BCUT2D eigenvalue weighted by Crippen LogP contribution is -2.42. The first-order chi connectivity index (χ1) is 14.8. The Hall–Kier alpha value is -2.31. The zero-order chi connectivity index (χ0) is 22.1. The molecule has 1 atom stereocenters. The van der Waals surface area contributed by atoms with Crippen LogP contribution in [0.15, 0.2) is 42.9 Å². The fraction of sp³-hybridized carbons (Fsp3) is 0.520. The summed E-state index contributed by atoms with van der Waals surface area (Å²) in [5.41, 5.74) is 3.97. The van der Waals surface area contributed by atoms with Gasteiger partial charge in [-0.25, -0.2) is 9.37 Å². The molecule has 1 aliphatic rings. The van der Waals surface area contributed by atoms with Crippen LogP contribution in [-0.4, -0.2) is 45.7 Å². The van der Waals surface area contributed by atoms with E-state index in [1.54, 1.807) is 0 Å². The van der Waals surface area contributed by atoms with Crippen LogP contribution in [0.4, 0.5) is 4.39 Å². The second-order valence-corrected chi connectivity index (χ2v) is 9.38. The van der Waals surface area contributed by atoms with Gasteiger partial charge in [0.1, 0.15) is 5.82 Å². The number of benzene rings is 1. The molecule has 0 aliphatic carbocycles. The molecule has 1 unspecified atom stereocenters. The van der Waals surface area contributed by atoms with Crippen LogP contribution in [0.1, 0.15) is 44.9 Å². The number of aryl methyl sites for hydroxylation is 2. The van der Waals surface area contributed by atoms with Crippen molar-refractivity contribution in [3.63, 3.8) is 0 Å². The van der Waals surface area contributed by atoms with Crippen LogP contribution in [0, 0.1) is 18.2 Å². The van der Waals surface area contributed by atoms with Crippen LogP contribution in [0.5, 0.6) is 0 Å². The van der Waals surface area contributed by atoms with Gasteiger partial charge in [-0.2, -0.15) is 0 Å². The number of likely N-dealkylation sites (tertiary alicyclic amines) is 1. The largest absolute Gasteiger partial charge is 0.381 e. The third kappa shape index (κ3) is 4.51. The molecule has 3 aromatic rings. The van der Waals surface area contributed by atoms with Gasteiger partial charge in [0.05, 0.1) is 24.0 Å². The number of hydrogen-bond acceptors (Lipinski definition) is 4. The van der Waals surface area contributed by atoms with Gasteiger partial charge in [-0.1, -0.05) is 6.07 Å². The van der Waals surface area contributed by atoms with Gasteiger partial charge in [0.2, 0.25) is 0 Å². The van der Waals surface area contributed by atoms with E-state index in [0.717, 1.165) is 56.9 Å². The van der Waals surface area contributed by atoms with Gasteiger partial charge in [-0.15, -0.1) is 0 Å². The van der Waals surface area contributed by atoms with E-state index in [9.17, 15) is 4.39 Å². The van der Waals surface area contributed by atoms with Crippen molar-refractivity contribution in [2.24, 2.45) is 5.41 Å². The van der Waals surface area contributed by atoms with E-state index in [-0.39, 0.29) is 16.8 Å². The normalized spacial score (nSPS) is 20.0. The number of hydrogen-bond donors (Lipinski definition) is 0. The van der Waals surface area contributed by atoms with Crippen LogP contribution in [0.2, 0.25) is 0 Å². The number of imidazole rings is 1. The lowest BCUT2D eigenvalue weighted by molar-refractivity contribution is 0.0360. The maximum Gasteiger partial charge on any atom is 0.125 e. The smallest absolute Gasteiger partial charge is 0.125 e. The number of aromatic nitrogens is 3. The first-order valence-corrected chi connectivity index (χ1v) is 11.2. The number of fused-ring (bicyclic) bond motifs is 1. The maximum atomic E-state index is 13.5.